The van der Waals surface area contributed by atoms with Crippen molar-refractivity contribution in [1.29, 1.82) is 0 Å². The second-order valence-electron chi connectivity index (χ2n) is 2.95. The average Bonchev–Trinajstić information content (AvgIpc) is 2.75. The van der Waals surface area contributed by atoms with Gasteiger partial charge in [-0.25, -0.2) is 0 Å². The van der Waals surface area contributed by atoms with Gasteiger partial charge in [0.2, 0.25) is 0 Å². The molecule has 5 nitrogen and oxygen atoms in total. The van der Waals surface area contributed by atoms with Gasteiger partial charge < -0.3 is 20.1 Å². The summed E-state index contributed by atoms with van der Waals surface area (Å²) in [5.74, 6) is 0. The van der Waals surface area contributed by atoms with E-state index in [1.807, 2.05) is 0 Å². The molecule has 5 unspecified atom stereocenters. The summed E-state index contributed by atoms with van der Waals surface area (Å²) in [7, 11) is 0. The monoisotopic (exact) mass is 161 g/mol. The van der Waals surface area contributed by atoms with Crippen molar-refractivity contribution in [3.63, 3.8) is 0 Å². The van der Waals surface area contributed by atoms with Crippen LogP contribution in [0.5, 0.6) is 0 Å². The predicted molar refractivity (Wildman–Crippen MR) is 34.7 cm³/mol. The second kappa shape index (κ2) is 2.40. The van der Waals surface area contributed by atoms with Gasteiger partial charge in [0.15, 0.2) is 0 Å². The normalized spacial score (nSPS) is 55.4. The van der Waals surface area contributed by atoms with Crippen LogP contribution >= 0.6 is 0 Å². The van der Waals surface area contributed by atoms with Crippen LogP contribution < -0.4 is 5.32 Å². The zero-order valence-corrected chi connectivity index (χ0v) is 5.84. The molecule has 5 heteroatoms. The Hall–Kier alpha value is -0.200. The van der Waals surface area contributed by atoms with Crippen LogP contribution in [0.25, 0.3) is 0 Å². The van der Waals surface area contributed by atoms with Crippen molar-refractivity contribution in [2.75, 3.05) is 6.61 Å². The lowest BCUT2D eigenvalue weighted by Gasteiger charge is -2.28. The van der Waals surface area contributed by atoms with Gasteiger partial charge >= 0.3 is 0 Å². The van der Waals surface area contributed by atoms with Crippen LogP contribution in [0, 0.1) is 0 Å². The maximum absolute atomic E-state index is 9.29. The number of aliphatic hydroxyl groups excluding tert-OH is 3. The van der Waals surface area contributed by atoms with E-state index in [1.165, 1.54) is 0 Å². The third-order valence-electron chi connectivity index (χ3n) is 2.17. The SMILES string of the molecule is OCC1OC2NC2C(O)C1O. The van der Waals surface area contributed by atoms with E-state index in [0.29, 0.717) is 0 Å². The van der Waals surface area contributed by atoms with Crippen molar-refractivity contribution in [2.45, 2.75) is 30.6 Å². The van der Waals surface area contributed by atoms with Crippen LogP contribution in [0.15, 0.2) is 0 Å². The molecule has 0 aromatic rings. The zero-order valence-electron chi connectivity index (χ0n) is 5.84. The van der Waals surface area contributed by atoms with Crippen molar-refractivity contribution in [1.82, 2.24) is 5.32 Å². The van der Waals surface area contributed by atoms with Crippen molar-refractivity contribution in [3.05, 3.63) is 0 Å². The minimum atomic E-state index is -0.976. The van der Waals surface area contributed by atoms with Gasteiger partial charge in [0.05, 0.1) is 12.6 Å². The van der Waals surface area contributed by atoms with E-state index in [9.17, 15) is 10.2 Å². The molecule has 0 bridgehead atoms. The molecular formula is C6H11NO4. The lowest BCUT2D eigenvalue weighted by Crippen LogP contribution is -2.48. The van der Waals surface area contributed by atoms with Crippen LogP contribution in [-0.2, 0) is 4.74 Å². The maximum Gasteiger partial charge on any atom is 0.127 e. The predicted octanol–water partition coefficient (Wildman–Crippen LogP) is -2.60. The number of hydrogen-bond acceptors (Lipinski definition) is 5. The molecule has 2 aliphatic heterocycles. The second-order valence-corrected chi connectivity index (χ2v) is 2.95. The molecule has 0 amide bonds. The quantitative estimate of drug-likeness (QED) is 0.316. The Balaban J connectivity index is 2.03. The highest BCUT2D eigenvalue weighted by molar-refractivity contribution is 5.05. The van der Waals surface area contributed by atoms with E-state index in [4.69, 9.17) is 9.84 Å². The number of rotatable bonds is 1. The van der Waals surface area contributed by atoms with Crippen LogP contribution in [0.2, 0.25) is 0 Å². The molecule has 2 rings (SSSR count). The van der Waals surface area contributed by atoms with Gasteiger partial charge in [-0.1, -0.05) is 0 Å². The summed E-state index contributed by atoms with van der Waals surface area (Å²) >= 11 is 0. The minimum absolute atomic E-state index is 0.146. The van der Waals surface area contributed by atoms with Gasteiger partial charge in [0.25, 0.3) is 0 Å². The fraction of sp³-hybridized carbons (Fsp3) is 1.00. The molecule has 0 aromatic carbocycles. The van der Waals surface area contributed by atoms with Crippen molar-refractivity contribution in [3.8, 4) is 0 Å². The Bertz CT molecular complexity index is 165. The highest BCUT2D eigenvalue weighted by Gasteiger charge is 2.53. The number of aliphatic hydroxyl groups is 3. The molecular weight excluding hydrogens is 150 g/mol. The van der Waals surface area contributed by atoms with Crippen LogP contribution in [0.4, 0.5) is 0 Å². The molecule has 2 aliphatic rings. The summed E-state index contributed by atoms with van der Waals surface area (Å²) in [6.45, 7) is -0.261. The summed E-state index contributed by atoms with van der Waals surface area (Å²) in [5, 5.41) is 30.1. The topological polar surface area (TPSA) is 91.9 Å². The molecule has 4 N–H and O–H groups in total. The van der Waals surface area contributed by atoms with Crippen LogP contribution in [-0.4, -0.2) is 52.5 Å². The van der Waals surface area contributed by atoms with E-state index in [2.05, 4.69) is 5.32 Å². The molecule has 2 fully saturated rings. The molecule has 0 aliphatic carbocycles. The molecule has 0 aromatic heterocycles. The van der Waals surface area contributed by atoms with Crippen LogP contribution in [0.3, 0.4) is 0 Å². The van der Waals surface area contributed by atoms with Crippen molar-refractivity contribution < 1.29 is 20.1 Å². The molecule has 5 atom stereocenters. The Morgan fingerprint density at radius 3 is 2.64 bits per heavy atom. The molecule has 64 valence electrons. The summed E-state index contributed by atoms with van der Waals surface area (Å²) < 4.78 is 5.12. The fourth-order valence-electron chi connectivity index (χ4n) is 1.39. The van der Waals surface area contributed by atoms with Gasteiger partial charge in [-0.05, 0) is 0 Å². The first-order chi connectivity index (χ1) is 5.24. The van der Waals surface area contributed by atoms with Crippen molar-refractivity contribution >= 4 is 0 Å². The van der Waals surface area contributed by atoms with Gasteiger partial charge in [-0.15, -0.1) is 0 Å². The third-order valence-corrected chi connectivity index (χ3v) is 2.17. The van der Waals surface area contributed by atoms with E-state index in [-0.39, 0.29) is 18.9 Å². The van der Waals surface area contributed by atoms with Gasteiger partial charge in [0, 0.05) is 0 Å². The zero-order chi connectivity index (χ0) is 8.01. The molecule has 0 radical (unpaired) electrons. The molecule has 11 heavy (non-hydrogen) atoms. The van der Waals surface area contributed by atoms with E-state index >= 15 is 0 Å². The van der Waals surface area contributed by atoms with E-state index < -0.39 is 18.3 Å². The standard InChI is InChI=1S/C6H11NO4/c8-1-2-4(9)5(10)3-6(7-3)11-2/h2-10H,1H2. The summed E-state index contributed by atoms with van der Waals surface area (Å²) in [5.41, 5.74) is 0. The highest BCUT2D eigenvalue weighted by Crippen LogP contribution is 2.28. The van der Waals surface area contributed by atoms with Gasteiger partial charge in [-0.3, -0.25) is 5.32 Å². The Labute approximate surface area is 63.6 Å². The largest absolute Gasteiger partial charge is 0.394 e. The molecule has 0 saturated carbocycles. The first kappa shape index (κ1) is 7.45. The summed E-state index contributed by atoms with van der Waals surface area (Å²) in [6, 6.07) is -0.146. The average molecular weight is 161 g/mol. The smallest absolute Gasteiger partial charge is 0.127 e. The van der Waals surface area contributed by atoms with Crippen molar-refractivity contribution in [2.24, 2.45) is 0 Å². The van der Waals surface area contributed by atoms with E-state index in [0.717, 1.165) is 0 Å². The number of fused-ring (bicyclic) bond motifs is 1. The van der Waals surface area contributed by atoms with Gasteiger partial charge in [0.1, 0.15) is 24.5 Å². The van der Waals surface area contributed by atoms with E-state index in [1.54, 1.807) is 0 Å². The summed E-state index contributed by atoms with van der Waals surface area (Å²) in [6.07, 6.45) is -2.62. The first-order valence-electron chi connectivity index (χ1n) is 3.62. The third kappa shape index (κ3) is 1.05. The maximum atomic E-state index is 9.29. The Morgan fingerprint density at radius 1 is 1.27 bits per heavy atom. The minimum Gasteiger partial charge on any atom is -0.394 e. The fourth-order valence-corrected chi connectivity index (χ4v) is 1.39. The summed E-state index contributed by atoms with van der Waals surface area (Å²) in [4.78, 5) is 0. The van der Waals surface area contributed by atoms with Gasteiger partial charge in [-0.2, -0.15) is 0 Å². The lowest BCUT2D eigenvalue weighted by atomic mass is 10.0. The highest BCUT2D eigenvalue weighted by atomic mass is 16.6. The molecule has 2 heterocycles. The number of nitrogens with one attached hydrogen (secondary N) is 1. The Kier molecular flexibility index (Phi) is 1.62. The number of hydrogen-bond donors (Lipinski definition) is 4. The molecule has 0 spiro atoms. The lowest BCUT2D eigenvalue weighted by molar-refractivity contribution is -0.141. The molecule has 2 saturated heterocycles. The van der Waals surface area contributed by atoms with Crippen LogP contribution in [0.1, 0.15) is 0 Å². The number of ether oxygens (including phenoxy) is 1. The Morgan fingerprint density at radius 2 is 2.00 bits per heavy atom. The first-order valence-corrected chi connectivity index (χ1v) is 3.62.